The fourth-order valence-electron chi connectivity index (χ4n) is 2.88. The molecule has 5 nitrogen and oxygen atoms in total. The van der Waals surface area contributed by atoms with E-state index in [1.807, 2.05) is 24.3 Å². The standard InChI is InChI=1S/C15H18BrN3O2/c16-12-3-1-2-4-13(12)19-9-10(7-14(19)20)15(21)18-11-5-6-17-8-11/h1-4,10-11,17H,5-9H2,(H,18,21). The van der Waals surface area contributed by atoms with Crippen LogP contribution in [0.15, 0.2) is 28.7 Å². The van der Waals surface area contributed by atoms with Crippen LogP contribution in [0.3, 0.4) is 0 Å². The highest BCUT2D eigenvalue weighted by molar-refractivity contribution is 9.10. The number of carbonyl (C=O) groups excluding carboxylic acids is 2. The molecule has 6 heteroatoms. The van der Waals surface area contributed by atoms with Gasteiger partial charge in [0.1, 0.15) is 0 Å². The van der Waals surface area contributed by atoms with Gasteiger partial charge in [0, 0.05) is 30.0 Å². The molecule has 1 aromatic rings. The Kier molecular flexibility index (Phi) is 4.26. The van der Waals surface area contributed by atoms with Crippen LogP contribution in [-0.4, -0.2) is 37.5 Å². The number of hydrogen-bond donors (Lipinski definition) is 2. The van der Waals surface area contributed by atoms with Gasteiger partial charge in [0.15, 0.2) is 0 Å². The molecular weight excluding hydrogens is 334 g/mol. The van der Waals surface area contributed by atoms with E-state index in [0.717, 1.165) is 29.7 Å². The minimum absolute atomic E-state index is 0.00611. The van der Waals surface area contributed by atoms with Crippen molar-refractivity contribution < 1.29 is 9.59 Å². The van der Waals surface area contributed by atoms with Crippen molar-refractivity contribution in [2.45, 2.75) is 18.9 Å². The van der Waals surface area contributed by atoms with Crippen LogP contribution in [0.2, 0.25) is 0 Å². The Morgan fingerprint density at radius 3 is 2.90 bits per heavy atom. The van der Waals surface area contributed by atoms with Crippen molar-refractivity contribution in [1.29, 1.82) is 0 Å². The number of amides is 2. The van der Waals surface area contributed by atoms with Gasteiger partial charge in [0.05, 0.1) is 11.6 Å². The van der Waals surface area contributed by atoms with Gasteiger partial charge in [0.2, 0.25) is 11.8 Å². The van der Waals surface area contributed by atoms with Crippen LogP contribution in [0.5, 0.6) is 0 Å². The van der Waals surface area contributed by atoms with Gasteiger partial charge < -0.3 is 15.5 Å². The summed E-state index contributed by atoms with van der Waals surface area (Å²) in [6.07, 6.45) is 1.24. The minimum atomic E-state index is -0.259. The van der Waals surface area contributed by atoms with Crippen LogP contribution in [0.4, 0.5) is 5.69 Å². The summed E-state index contributed by atoms with van der Waals surface area (Å²) in [6.45, 7) is 2.21. The average Bonchev–Trinajstić information content (AvgIpc) is 3.09. The normalized spacial score (nSPS) is 25.4. The molecule has 2 atom stereocenters. The molecule has 2 N–H and O–H groups in total. The Hall–Kier alpha value is -1.40. The predicted octanol–water partition coefficient (Wildman–Crippen LogP) is 1.28. The van der Waals surface area contributed by atoms with Crippen molar-refractivity contribution in [2.75, 3.05) is 24.5 Å². The van der Waals surface area contributed by atoms with Gasteiger partial charge in [-0.25, -0.2) is 0 Å². The molecule has 2 aliphatic rings. The smallest absolute Gasteiger partial charge is 0.227 e. The van der Waals surface area contributed by atoms with Gasteiger partial charge in [-0.1, -0.05) is 12.1 Å². The summed E-state index contributed by atoms with van der Waals surface area (Å²) in [5.41, 5.74) is 0.834. The summed E-state index contributed by atoms with van der Waals surface area (Å²) in [7, 11) is 0. The summed E-state index contributed by atoms with van der Waals surface area (Å²) < 4.78 is 0.874. The fourth-order valence-corrected chi connectivity index (χ4v) is 3.38. The van der Waals surface area contributed by atoms with Crippen molar-refractivity contribution in [3.8, 4) is 0 Å². The summed E-state index contributed by atoms with van der Waals surface area (Å²) in [6, 6.07) is 7.80. The fraction of sp³-hybridized carbons (Fsp3) is 0.467. The first-order valence-electron chi connectivity index (χ1n) is 7.21. The zero-order valence-corrected chi connectivity index (χ0v) is 13.2. The van der Waals surface area contributed by atoms with E-state index in [1.165, 1.54) is 0 Å². The van der Waals surface area contributed by atoms with Gasteiger partial charge in [-0.15, -0.1) is 0 Å². The number of hydrogen-bond acceptors (Lipinski definition) is 3. The number of nitrogens with zero attached hydrogens (tertiary/aromatic N) is 1. The molecule has 21 heavy (non-hydrogen) atoms. The maximum atomic E-state index is 12.3. The maximum absolute atomic E-state index is 12.3. The number of rotatable bonds is 3. The molecule has 0 spiro atoms. The lowest BCUT2D eigenvalue weighted by Crippen LogP contribution is -2.40. The Balaban J connectivity index is 1.67. The first-order valence-corrected chi connectivity index (χ1v) is 8.00. The van der Waals surface area contributed by atoms with E-state index >= 15 is 0 Å². The molecule has 1 aromatic carbocycles. The summed E-state index contributed by atoms with van der Waals surface area (Å²) in [5.74, 6) is -0.261. The molecule has 2 saturated heterocycles. The van der Waals surface area contributed by atoms with E-state index in [2.05, 4.69) is 26.6 Å². The van der Waals surface area contributed by atoms with Crippen molar-refractivity contribution in [1.82, 2.24) is 10.6 Å². The molecule has 0 aromatic heterocycles. The number of carbonyl (C=O) groups is 2. The van der Waals surface area contributed by atoms with Gasteiger partial charge >= 0.3 is 0 Å². The molecule has 2 unspecified atom stereocenters. The molecule has 2 fully saturated rings. The Morgan fingerprint density at radius 2 is 2.19 bits per heavy atom. The largest absolute Gasteiger partial charge is 0.352 e. The second kappa shape index (κ2) is 6.15. The molecule has 0 saturated carbocycles. The lowest BCUT2D eigenvalue weighted by molar-refractivity contribution is -0.126. The zero-order chi connectivity index (χ0) is 14.8. The lowest BCUT2D eigenvalue weighted by Gasteiger charge is -2.19. The van der Waals surface area contributed by atoms with Crippen LogP contribution < -0.4 is 15.5 Å². The van der Waals surface area contributed by atoms with Crippen LogP contribution in [-0.2, 0) is 9.59 Å². The Bertz CT molecular complexity index is 558. The molecule has 2 aliphatic heterocycles. The average molecular weight is 352 g/mol. The highest BCUT2D eigenvalue weighted by Crippen LogP contribution is 2.31. The maximum Gasteiger partial charge on any atom is 0.227 e. The molecule has 2 amide bonds. The number of para-hydroxylation sites is 1. The summed E-state index contributed by atoms with van der Waals surface area (Å²) >= 11 is 3.46. The second-order valence-corrected chi connectivity index (χ2v) is 6.41. The highest BCUT2D eigenvalue weighted by atomic mass is 79.9. The first-order chi connectivity index (χ1) is 10.1. The van der Waals surface area contributed by atoms with E-state index in [9.17, 15) is 9.59 Å². The monoisotopic (exact) mass is 351 g/mol. The van der Waals surface area contributed by atoms with Gasteiger partial charge in [-0.2, -0.15) is 0 Å². The van der Waals surface area contributed by atoms with Crippen LogP contribution >= 0.6 is 15.9 Å². The van der Waals surface area contributed by atoms with Gasteiger partial charge in [-0.05, 0) is 41.0 Å². The number of benzene rings is 1. The van der Waals surface area contributed by atoms with Crippen molar-refractivity contribution >= 4 is 33.4 Å². The SMILES string of the molecule is O=C(NC1CCNC1)C1CC(=O)N(c2ccccc2Br)C1. The van der Waals surface area contributed by atoms with Crippen molar-refractivity contribution in [2.24, 2.45) is 5.92 Å². The molecule has 0 radical (unpaired) electrons. The van der Waals surface area contributed by atoms with Crippen molar-refractivity contribution in [3.05, 3.63) is 28.7 Å². The van der Waals surface area contributed by atoms with E-state index < -0.39 is 0 Å². The molecule has 2 heterocycles. The van der Waals surface area contributed by atoms with E-state index in [-0.39, 0.29) is 30.2 Å². The Labute approximate surface area is 132 Å². The van der Waals surface area contributed by atoms with Crippen molar-refractivity contribution in [3.63, 3.8) is 0 Å². The summed E-state index contributed by atoms with van der Waals surface area (Å²) in [5, 5.41) is 6.26. The number of halogens is 1. The van der Waals surface area contributed by atoms with Crippen LogP contribution in [0.25, 0.3) is 0 Å². The molecule has 0 aliphatic carbocycles. The van der Waals surface area contributed by atoms with Gasteiger partial charge in [0.25, 0.3) is 0 Å². The number of nitrogens with one attached hydrogen (secondary N) is 2. The molecule has 0 bridgehead atoms. The zero-order valence-electron chi connectivity index (χ0n) is 11.6. The van der Waals surface area contributed by atoms with E-state index in [0.29, 0.717) is 6.54 Å². The second-order valence-electron chi connectivity index (χ2n) is 5.56. The topological polar surface area (TPSA) is 61.4 Å². The summed E-state index contributed by atoms with van der Waals surface area (Å²) in [4.78, 5) is 26.2. The third-order valence-corrected chi connectivity index (χ3v) is 4.72. The predicted molar refractivity (Wildman–Crippen MR) is 84.0 cm³/mol. The number of anilines is 1. The third-order valence-electron chi connectivity index (χ3n) is 4.05. The molecule has 3 rings (SSSR count). The van der Waals surface area contributed by atoms with E-state index in [4.69, 9.17) is 0 Å². The lowest BCUT2D eigenvalue weighted by atomic mass is 10.1. The van der Waals surface area contributed by atoms with Crippen LogP contribution in [0.1, 0.15) is 12.8 Å². The van der Waals surface area contributed by atoms with Crippen LogP contribution in [0, 0.1) is 5.92 Å². The Morgan fingerprint density at radius 1 is 1.38 bits per heavy atom. The quantitative estimate of drug-likeness (QED) is 0.862. The van der Waals surface area contributed by atoms with Gasteiger partial charge in [-0.3, -0.25) is 9.59 Å². The molecule has 112 valence electrons. The highest BCUT2D eigenvalue weighted by Gasteiger charge is 2.36. The first kappa shape index (κ1) is 14.5. The third kappa shape index (κ3) is 3.11. The minimum Gasteiger partial charge on any atom is -0.352 e. The molecular formula is C15H18BrN3O2. The van der Waals surface area contributed by atoms with E-state index in [1.54, 1.807) is 4.90 Å².